The summed E-state index contributed by atoms with van der Waals surface area (Å²) in [5.41, 5.74) is 2.67. The predicted molar refractivity (Wildman–Crippen MR) is 86.4 cm³/mol. The van der Waals surface area contributed by atoms with Gasteiger partial charge in [-0.3, -0.25) is 14.7 Å². The summed E-state index contributed by atoms with van der Waals surface area (Å²) in [6, 6.07) is 5.28. The van der Waals surface area contributed by atoms with E-state index in [2.05, 4.69) is 20.5 Å². The second-order valence-electron chi connectivity index (χ2n) is 5.77. The standard InChI is InChI=1S/C16H15N5O3/c1-9-19-13-5-11(2-3-14(13)24-9)20-16(23)10-4-15(22)21(8-10)12-6-17-18-7-12/h2-3,5-7,10H,4,8H2,1H3,(H,17,18)(H,20,23). The fraction of sp³-hybridized carbons (Fsp3) is 0.250. The summed E-state index contributed by atoms with van der Waals surface area (Å²) >= 11 is 0. The average Bonchev–Trinajstić information content (AvgIpc) is 3.25. The smallest absolute Gasteiger partial charge is 0.229 e. The first-order valence-corrected chi connectivity index (χ1v) is 7.57. The van der Waals surface area contributed by atoms with Gasteiger partial charge in [-0.1, -0.05) is 0 Å². The molecule has 0 aliphatic carbocycles. The molecule has 24 heavy (non-hydrogen) atoms. The van der Waals surface area contributed by atoms with Crippen LogP contribution in [-0.2, 0) is 9.59 Å². The highest BCUT2D eigenvalue weighted by atomic mass is 16.3. The second kappa shape index (κ2) is 5.48. The van der Waals surface area contributed by atoms with Gasteiger partial charge in [0.05, 0.1) is 17.8 Å². The number of anilines is 2. The molecule has 2 N–H and O–H groups in total. The summed E-state index contributed by atoms with van der Waals surface area (Å²) < 4.78 is 5.41. The van der Waals surface area contributed by atoms with Gasteiger partial charge in [-0.15, -0.1) is 0 Å². The van der Waals surface area contributed by atoms with Gasteiger partial charge in [0.1, 0.15) is 5.52 Å². The molecule has 0 spiro atoms. The molecule has 0 radical (unpaired) electrons. The van der Waals surface area contributed by atoms with E-state index in [4.69, 9.17) is 4.42 Å². The number of aromatic nitrogens is 3. The number of H-pyrrole nitrogens is 1. The number of benzene rings is 1. The van der Waals surface area contributed by atoms with E-state index in [0.717, 1.165) is 0 Å². The molecule has 1 aromatic carbocycles. The summed E-state index contributed by atoms with van der Waals surface area (Å²) in [5, 5.41) is 9.35. The zero-order valence-corrected chi connectivity index (χ0v) is 12.9. The van der Waals surface area contributed by atoms with Gasteiger partial charge >= 0.3 is 0 Å². The number of hydrogen-bond acceptors (Lipinski definition) is 5. The van der Waals surface area contributed by atoms with Gasteiger partial charge in [0.2, 0.25) is 11.8 Å². The number of nitrogens with one attached hydrogen (secondary N) is 2. The van der Waals surface area contributed by atoms with Crippen LogP contribution >= 0.6 is 0 Å². The Hall–Kier alpha value is -3.16. The van der Waals surface area contributed by atoms with Crippen molar-refractivity contribution in [3.8, 4) is 0 Å². The van der Waals surface area contributed by atoms with Crippen molar-refractivity contribution in [3.63, 3.8) is 0 Å². The topological polar surface area (TPSA) is 104 Å². The maximum Gasteiger partial charge on any atom is 0.229 e. The number of carbonyl (C=O) groups excluding carboxylic acids is 2. The van der Waals surface area contributed by atoms with E-state index in [1.807, 2.05) is 0 Å². The molecule has 8 nitrogen and oxygen atoms in total. The summed E-state index contributed by atoms with van der Waals surface area (Å²) in [6.45, 7) is 2.11. The first kappa shape index (κ1) is 14.4. The van der Waals surface area contributed by atoms with Crippen molar-refractivity contribution < 1.29 is 14.0 Å². The van der Waals surface area contributed by atoms with E-state index in [0.29, 0.717) is 34.9 Å². The summed E-state index contributed by atoms with van der Waals surface area (Å²) in [6.07, 6.45) is 3.39. The zero-order valence-electron chi connectivity index (χ0n) is 12.9. The lowest BCUT2D eigenvalue weighted by molar-refractivity contribution is -0.122. The third kappa shape index (κ3) is 2.51. The Morgan fingerprint density at radius 2 is 2.33 bits per heavy atom. The lowest BCUT2D eigenvalue weighted by atomic mass is 10.1. The molecule has 2 amide bonds. The zero-order chi connectivity index (χ0) is 16.7. The Balaban J connectivity index is 1.48. The normalized spacial score (nSPS) is 17.6. The van der Waals surface area contributed by atoms with Gasteiger partial charge < -0.3 is 14.6 Å². The number of amides is 2. The number of aryl methyl sites for hydroxylation is 1. The molecule has 2 aromatic heterocycles. The van der Waals surface area contributed by atoms with Crippen LogP contribution in [0.1, 0.15) is 12.3 Å². The predicted octanol–water partition coefficient (Wildman–Crippen LogP) is 1.85. The van der Waals surface area contributed by atoms with Gasteiger partial charge in [0.15, 0.2) is 11.5 Å². The van der Waals surface area contributed by atoms with Gasteiger partial charge in [0.25, 0.3) is 0 Å². The SMILES string of the molecule is Cc1nc2cc(NC(=O)C3CC(=O)N(c4cn[nH]c4)C3)ccc2o1. The van der Waals surface area contributed by atoms with Crippen molar-refractivity contribution in [1.82, 2.24) is 15.2 Å². The lowest BCUT2D eigenvalue weighted by Crippen LogP contribution is -2.27. The molecule has 0 bridgehead atoms. The Bertz CT molecular complexity index is 915. The number of rotatable bonds is 3. The number of fused-ring (bicyclic) bond motifs is 1. The Morgan fingerprint density at radius 1 is 1.46 bits per heavy atom. The van der Waals surface area contributed by atoms with Gasteiger partial charge in [0, 0.05) is 31.8 Å². The minimum Gasteiger partial charge on any atom is -0.441 e. The van der Waals surface area contributed by atoms with Crippen LogP contribution in [0.3, 0.4) is 0 Å². The molecule has 0 saturated carbocycles. The van der Waals surface area contributed by atoms with Gasteiger partial charge in [-0.2, -0.15) is 5.10 Å². The molecule has 1 fully saturated rings. The van der Waals surface area contributed by atoms with Crippen molar-refractivity contribution in [2.45, 2.75) is 13.3 Å². The van der Waals surface area contributed by atoms with Gasteiger partial charge in [-0.05, 0) is 18.2 Å². The molecule has 3 aromatic rings. The highest BCUT2D eigenvalue weighted by molar-refractivity contribution is 6.03. The largest absolute Gasteiger partial charge is 0.441 e. The van der Waals surface area contributed by atoms with E-state index >= 15 is 0 Å². The van der Waals surface area contributed by atoms with E-state index in [1.54, 1.807) is 42.4 Å². The van der Waals surface area contributed by atoms with E-state index in [-0.39, 0.29) is 18.2 Å². The molecule has 1 unspecified atom stereocenters. The molecular weight excluding hydrogens is 310 g/mol. The van der Waals surface area contributed by atoms with Crippen molar-refractivity contribution in [3.05, 3.63) is 36.5 Å². The number of hydrogen-bond donors (Lipinski definition) is 2. The van der Waals surface area contributed by atoms with Crippen molar-refractivity contribution in [2.75, 3.05) is 16.8 Å². The Labute approximate surface area is 136 Å². The molecule has 8 heteroatoms. The molecule has 1 saturated heterocycles. The quantitative estimate of drug-likeness (QED) is 0.765. The minimum atomic E-state index is -0.401. The molecule has 1 aliphatic heterocycles. The first-order valence-electron chi connectivity index (χ1n) is 7.57. The Morgan fingerprint density at radius 3 is 3.12 bits per heavy atom. The summed E-state index contributed by atoms with van der Waals surface area (Å²) in [4.78, 5) is 30.4. The van der Waals surface area contributed by atoms with Crippen LogP contribution in [0.2, 0.25) is 0 Å². The highest BCUT2D eigenvalue weighted by Gasteiger charge is 2.35. The van der Waals surface area contributed by atoms with E-state index in [1.165, 1.54) is 0 Å². The lowest BCUT2D eigenvalue weighted by Gasteiger charge is -2.14. The Kier molecular flexibility index (Phi) is 3.30. The first-order chi connectivity index (χ1) is 11.6. The third-order valence-corrected chi connectivity index (χ3v) is 4.05. The van der Waals surface area contributed by atoms with Crippen LogP contribution in [0, 0.1) is 12.8 Å². The minimum absolute atomic E-state index is 0.0841. The highest BCUT2D eigenvalue weighted by Crippen LogP contribution is 2.26. The summed E-state index contributed by atoms with van der Waals surface area (Å²) in [5.74, 6) is -0.0965. The van der Waals surface area contributed by atoms with Crippen LogP contribution in [-0.4, -0.2) is 33.5 Å². The third-order valence-electron chi connectivity index (χ3n) is 4.05. The number of aromatic amines is 1. The molecular formula is C16H15N5O3. The number of oxazole rings is 1. The van der Waals surface area contributed by atoms with E-state index < -0.39 is 5.92 Å². The molecule has 122 valence electrons. The van der Waals surface area contributed by atoms with Crippen LogP contribution in [0.15, 0.2) is 35.0 Å². The fourth-order valence-electron chi connectivity index (χ4n) is 2.89. The van der Waals surface area contributed by atoms with Crippen molar-refractivity contribution >= 4 is 34.3 Å². The second-order valence-corrected chi connectivity index (χ2v) is 5.77. The number of nitrogens with zero attached hydrogens (tertiary/aromatic N) is 3. The van der Waals surface area contributed by atoms with Crippen LogP contribution in [0.4, 0.5) is 11.4 Å². The molecule has 3 heterocycles. The molecule has 1 atom stereocenters. The van der Waals surface area contributed by atoms with Gasteiger partial charge in [-0.25, -0.2) is 4.98 Å². The molecule has 1 aliphatic rings. The van der Waals surface area contributed by atoms with Crippen LogP contribution in [0.5, 0.6) is 0 Å². The monoisotopic (exact) mass is 325 g/mol. The molecule has 4 rings (SSSR count). The van der Waals surface area contributed by atoms with Crippen LogP contribution in [0.25, 0.3) is 11.1 Å². The maximum absolute atomic E-state index is 12.5. The van der Waals surface area contributed by atoms with Crippen molar-refractivity contribution in [2.24, 2.45) is 5.92 Å². The summed E-state index contributed by atoms with van der Waals surface area (Å²) in [7, 11) is 0. The van der Waals surface area contributed by atoms with Crippen LogP contribution < -0.4 is 10.2 Å². The average molecular weight is 325 g/mol. The van der Waals surface area contributed by atoms with Crippen molar-refractivity contribution in [1.29, 1.82) is 0 Å². The fourth-order valence-corrected chi connectivity index (χ4v) is 2.89. The van der Waals surface area contributed by atoms with E-state index in [9.17, 15) is 9.59 Å². The maximum atomic E-state index is 12.5. The number of carbonyl (C=O) groups is 2.